The minimum atomic E-state index is -1.97. The van der Waals surface area contributed by atoms with Crippen molar-refractivity contribution in [2.75, 3.05) is 6.54 Å². The molecule has 0 atom stereocenters. The van der Waals surface area contributed by atoms with Gasteiger partial charge in [0, 0.05) is 10.7 Å². The number of hydrogen-bond donors (Lipinski definition) is 1. The lowest BCUT2D eigenvalue weighted by atomic mass is 10.2. The lowest BCUT2D eigenvalue weighted by molar-refractivity contribution is 0.955. The third-order valence-electron chi connectivity index (χ3n) is 0.791. The summed E-state index contributed by atoms with van der Waals surface area (Å²) in [6.45, 7) is -1.25. The summed E-state index contributed by atoms with van der Waals surface area (Å²) in [6.07, 6.45) is 4.96. The summed E-state index contributed by atoms with van der Waals surface area (Å²) < 4.78 is 21.0. The highest BCUT2D eigenvalue weighted by molar-refractivity contribution is 5.18. The summed E-state index contributed by atoms with van der Waals surface area (Å²) in [5.41, 5.74) is 0.374. The first kappa shape index (κ1) is 2.03. The normalized spacial score (nSPS) is 26.3. The van der Waals surface area contributed by atoms with Crippen LogP contribution >= 0.6 is 0 Å². The topological polar surface area (TPSA) is 12.0 Å². The summed E-state index contributed by atoms with van der Waals surface area (Å²) in [4.78, 5) is 0. The predicted molar refractivity (Wildman–Crippen MR) is 30.9 cm³/mol. The van der Waals surface area contributed by atoms with Gasteiger partial charge in [0.1, 0.15) is 0 Å². The molecule has 0 aromatic rings. The predicted octanol–water partition coefficient (Wildman–Crippen LogP) is 1.05. The van der Waals surface area contributed by atoms with Gasteiger partial charge in [-0.25, -0.2) is 0 Å². The zero-order chi connectivity index (χ0) is 7.61. The number of rotatable bonds is 0. The Morgan fingerprint density at radius 2 is 3.00 bits per heavy atom. The van der Waals surface area contributed by atoms with E-state index in [2.05, 4.69) is 5.32 Å². The molecule has 1 heterocycles. The first-order valence-electron chi connectivity index (χ1n) is 3.71. The highest BCUT2D eigenvalue weighted by atomic mass is 14.8. The van der Waals surface area contributed by atoms with E-state index in [1.165, 1.54) is 6.20 Å². The van der Waals surface area contributed by atoms with Gasteiger partial charge in [-0.05, 0) is 18.6 Å². The van der Waals surface area contributed by atoms with Crippen LogP contribution in [0.15, 0.2) is 23.9 Å². The van der Waals surface area contributed by atoms with Crippen LogP contribution in [0.5, 0.6) is 0 Å². The van der Waals surface area contributed by atoms with Crippen molar-refractivity contribution < 1.29 is 4.11 Å². The Kier molecular flexibility index (Phi) is 0.530. The minimum absolute atomic E-state index is 0.374. The van der Waals surface area contributed by atoms with E-state index < -0.39 is 6.85 Å². The maximum absolute atomic E-state index is 7.00. The van der Waals surface area contributed by atoms with Gasteiger partial charge in [-0.15, -0.1) is 0 Å². The minimum Gasteiger partial charge on any atom is -0.387 e. The van der Waals surface area contributed by atoms with Crippen molar-refractivity contribution in [2.45, 2.75) is 6.85 Å². The Hall–Kier alpha value is -0.720. The molecule has 1 nitrogen and oxygen atoms in total. The third kappa shape index (κ3) is 1.07. The molecular formula is C6H9N. The van der Waals surface area contributed by atoms with Crippen LogP contribution in [0.4, 0.5) is 0 Å². The summed E-state index contributed by atoms with van der Waals surface area (Å²) in [7, 11) is 0. The average molecular weight is 98.2 g/mol. The smallest absolute Gasteiger partial charge is 0.0328 e. The third-order valence-corrected chi connectivity index (χ3v) is 0.791. The second-order valence-corrected chi connectivity index (χ2v) is 1.41. The largest absolute Gasteiger partial charge is 0.387 e. The monoisotopic (exact) mass is 98.1 g/mol. The van der Waals surface area contributed by atoms with Gasteiger partial charge in [0.25, 0.3) is 0 Å². The molecule has 0 aromatic heterocycles. The van der Waals surface area contributed by atoms with Crippen LogP contribution in [-0.2, 0) is 0 Å². The van der Waals surface area contributed by atoms with Crippen molar-refractivity contribution in [2.24, 2.45) is 0 Å². The van der Waals surface area contributed by atoms with Crippen LogP contribution in [0.25, 0.3) is 0 Å². The summed E-state index contributed by atoms with van der Waals surface area (Å²) >= 11 is 0. The van der Waals surface area contributed by atoms with Gasteiger partial charge in [0.15, 0.2) is 0 Å². The van der Waals surface area contributed by atoms with Crippen molar-refractivity contribution in [1.82, 2.24) is 5.32 Å². The molecule has 0 saturated heterocycles. The molecule has 0 saturated carbocycles. The van der Waals surface area contributed by atoms with Crippen LogP contribution < -0.4 is 5.32 Å². The number of dihydropyridines is 1. The summed E-state index contributed by atoms with van der Waals surface area (Å²) in [6, 6.07) is 0. The fourth-order valence-corrected chi connectivity index (χ4v) is 0.471. The van der Waals surface area contributed by atoms with E-state index in [9.17, 15) is 0 Å². The van der Waals surface area contributed by atoms with E-state index in [1.54, 1.807) is 12.2 Å². The highest BCUT2D eigenvalue weighted by Gasteiger charge is 1.84. The maximum Gasteiger partial charge on any atom is 0.0328 e. The molecule has 0 unspecified atom stereocenters. The molecule has 0 amide bonds. The van der Waals surface area contributed by atoms with Gasteiger partial charge >= 0.3 is 0 Å². The van der Waals surface area contributed by atoms with Gasteiger partial charge in [-0.2, -0.15) is 0 Å². The van der Waals surface area contributed by atoms with Crippen LogP contribution in [0, 0.1) is 0 Å². The molecule has 7 heavy (non-hydrogen) atoms. The van der Waals surface area contributed by atoms with Crippen molar-refractivity contribution >= 4 is 0 Å². The average Bonchev–Trinajstić information content (AvgIpc) is 1.88. The Balaban J connectivity index is 2.73. The van der Waals surface area contributed by atoms with Gasteiger partial charge in [0.2, 0.25) is 0 Å². The highest BCUT2D eigenvalue weighted by Crippen LogP contribution is 1.94. The van der Waals surface area contributed by atoms with Crippen LogP contribution in [0.1, 0.15) is 11.0 Å². The fourth-order valence-electron chi connectivity index (χ4n) is 0.471. The number of hydrogen-bond acceptors (Lipinski definition) is 1. The van der Waals surface area contributed by atoms with E-state index in [0.717, 1.165) is 6.54 Å². The molecule has 0 radical (unpaired) electrons. The van der Waals surface area contributed by atoms with Gasteiger partial charge in [-0.3, -0.25) is 0 Å². The molecule has 38 valence electrons. The van der Waals surface area contributed by atoms with E-state index in [0.29, 0.717) is 5.57 Å². The lowest BCUT2D eigenvalue weighted by Crippen LogP contribution is -2.07. The van der Waals surface area contributed by atoms with Crippen LogP contribution in [-0.4, -0.2) is 6.54 Å². The molecule has 0 bridgehead atoms. The second-order valence-electron chi connectivity index (χ2n) is 1.41. The molecular weight excluding hydrogens is 86.1 g/mol. The summed E-state index contributed by atoms with van der Waals surface area (Å²) in [5.74, 6) is 0. The zero-order valence-electron chi connectivity index (χ0n) is 6.94. The van der Waals surface area contributed by atoms with Gasteiger partial charge in [-0.1, -0.05) is 12.2 Å². The van der Waals surface area contributed by atoms with E-state index in [4.69, 9.17) is 4.11 Å². The Labute approximate surface area is 47.9 Å². The number of nitrogens with one attached hydrogen (secondary N) is 1. The molecule has 1 rings (SSSR count). The van der Waals surface area contributed by atoms with Gasteiger partial charge in [0.05, 0.1) is 0 Å². The molecule has 0 aromatic carbocycles. The standard InChI is InChI=1S/C6H9N/c1-6-3-2-4-7-5-6/h2-3,5,7H,4H2,1H3/i1D3. The Bertz CT molecular complexity index is 178. The second kappa shape index (κ2) is 1.82. The number of allylic oxidation sites excluding steroid dienone is 2. The lowest BCUT2D eigenvalue weighted by Gasteiger charge is -2.00. The molecule has 1 N–H and O–H groups in total. The fraction of sp³-hybridized carbons (Fsp3) is 0.333. The molecule has 0 aliphatic carbocycles. The van der Waals surface area contributed by atoms with Crippen molar-refractivity contribution in [3.05, 3.63) is 23.9 Å². The molecule has 1 aliphatic rings. The molecule has 1 heteroatoms. The Morgan fingerprint density at radius 3 is 3.43 bits per heavy atom. The first-order chi connectivity index (χ1) is 4.61. The molecule has 1 aliphatic heterocycles. The van der Waals surface area contributed by atoms with Crippen LogP contribution in [0.3, 0.4) is 0 Å². The van der Waals surface area contributed by atoms with Gasteiger partial charge < -0.3 is 5.32 Å². The van der Waals surface area contributed by atoms with Crippen LogP contribution in [0.2, 0.25) is 0 Å². The zero-order valence-corrected chi connectivity index (χ0v) is 3.94. The van der Waals surface area contributed by atoms with E-state index >= 15 is 0 Å². The first-order valence-corrected chi connectivity index (χ1v) is 2.21. The van der Waals surface area contributed by atoms with E-state index in [1.807, 2.05) is 0 Å². The van der Waals surface area contributed by atoms with E-state index in [-0.39, 0.29) is 0 Å². The molecule has 0 spiro atoms. The SMILES string of the molecule is [2H]C([2H])([2H])C1=CNCC=C1. The molecule has 0 fully saturated rings. The van der Waals surface area contributed by atoms with Crippen molar-refractivity contribution in [3.8, 4) is 0 Å². The van der Waals surface area contributed by atoms with Crippen molar-refractivity contribution in [1.29, 1.82) is 0 Å². The maximum atomic E-state index is 7.00. The van der Waals surface area contributed by atoms with Crippen molar-refractivity contribution in [3.63, 3.8) is 0 Å². The Morgan fingerprint density at radius 1 is 2.00 bits per heavy atom. The quantitative estimate of drug-likeness (QED) is 0.477. The summed E-state index contributed by atoms with van der Waals surface area (Å²) in [5, 5.41) is 2.83.